The third-order valence-electron chi connectivity index (χ3n) is 16.5. The maximum absolute atomic E-state index is 14.7. The summed E-state index contributed by atoms with van der Waals surface area (Å²) in [5.41, 5.74) is 2.05. The van der Waals surface area contributed by atoms with Gasteiger partial charge in [0.25, 0.3) is 11.8 Å². The van der Waals surface area contributed by atoms with Gasteiger partial charge in [0.15, 0.2) is 11.6 Å². The molecule has 0 spiro atoms. The molecule has 8 N–H and O–H groups in total. The molecule has 21 nitrogen and oxygen atoms in total. The summed E-state index contributed by atoms with van der Waals surface area (Å²) in [5.74, 6) is -1.40. The monoisotopic (exact) mass is 1220 g/mol. The Bertz CT molecular complexity index is 3450. The number of hydrogen-bond donors (Lipinski definition) is 7. The van der Waals surface area contributed by atoms with Crippen molar-refractivity contribution in [1.82, 2.24) is 40.9 Å². The van der Waals surface area contributed by atoms with Crippen molar-refractivity contribution >= 4 is 82.2 Å². The van der Waals surface area contributed by atoms with Crippen molar-refractivity contribution in [3.05, 3.63) is 105 Å². The molecular formula is C58H64F4N9O12PS. The molecule has 6 heterocycles. The van der Waals surface area contributed by atoms with Crippen molar-refractivity contribution in [2.75, 3.05) is 32.7 Å². The summed E-state index contributed by atoms with van der Waals surface area (Å²) in [6, 6.07) is 5.93. The van der Waals surface area contributed by atoms with Gasteiger partial charge in [0.2, 0.25) is 41.4 Å². The molecule has 9 amide bonds. The first-order valence-electron chi connectivity index (χ1n) is 28.1. The van der Waals surface area contributed by atoms with Crippen molar-refractivity contribution < 1.29 is 75.1 Å². The minimum atomic E-state index is -5.89. The topological polar surface area (TPSA) is 298 Å². The molecule has 452 valence electrons. The lowest BCUT2D eigenvalue weighted by Crippen LogP contribution is -2.62. The number of nitrogens with two attached hydrogens (primary N) is 1. The average molecular weight is 1220 g/mol. The highest BCUT2D eigenvalue weighted by molar-refractivity contribution is 7.52. The maximum atomic E-state index is 14.7. The fourth-order valence-corrected chi connectivity index (χ4v) is 13.2. The van der Waals surface area contributed by atoms with Crippen molar-refractivity contribution in [3.8, 4) is 11.8 Å². The molecule has 5 aliphatic heterocycles. The smallest absolute Gasteiger partial charge is 0.370 e. The number of thiophene rings is 1. The normalized spacial score (nSPS) is 21.2. The number of imide groups is 1. The minimum Gasteiger partial charge on any atom is -0.370 e. The quantitative estimate of drug-likeness (QED) is 0.0322. The largest absolute Gasteiger partial charge is 0.399 e. The summed E-state index contributed by atoms with van der Waals surface area (Å²) in [5, 5.41) is 10.5. The molecule has 9 rings (SSSR count). The summed E-state index contributed by atoms with van der Waals surface area (Å²) in [6.45, 7) is 3.56. The lowest BCUT2D eigenvalue weighted by molar-refractivity contribution is -0.144. The minimum absolute atomic E-state index is 0.00140. The van der Waals surface area contributed by atoms with Crippen LogP contribution >= 0.6 is 18.9 Å². The van der Waals surface area contributed by atoms with Crippen LogP contribution in [0.25, 0.3) is 10.1 Å². The molecule has 3 unspecified atom stereocenters. The van der Waals surface area contributed by atoms with Crippen LogP contribution in [0.5, 0.6) is 0 Å². The van der Waals surface area contributed by atoms with Crippen LogP contribution in [0.2, 0.25) is 0 Å². The molecule has 0 bridgehead atoms. The Morgan fingerprint density at radius 2 is 1.67 bits per heavy atom. The second kappa shape index (κ2) is 26.0. The van der Waals surface area contributed by atoms with Gasteiger partial charge in [-0.15, -0.1) is 11.3 Å². The van der Waals surface area contributed by atoms with E-state index in [9.17, 15) is 75.1 Å². The second-order valence-electron chi connectivity index (χ2n) is 22.1. The Morgan fingerprint density at radius 1 is 0.906 bits per heavy atom. The predicted molar refractivity (Wildman–Crippen MR) is 300 cm³/mol. The Morgan fingerprint density at radius 3 is 2.38 bits per heavy atom. The van der Waals surface area contributed by atoms with Crippen LogP contribution in [-0.2, 0) is 56.8 Å². The van der Waals surface area contributed by atoms with Gasteiger partial charge in [0, 0.05) is 85.8 Å². The van der Waals surface area contributed by atoms with E-state index in [2.05, 4.69) is 33.1 Å². The van der Waals surface area contributed by atoms with E-state index >= 15 is 0 Å². The number of likely N-dealkylation sites (tertiary alicyclic amines) is 1. The van der Waals surface area contributed by atoms with Gasteiger partial charge in [0.1, 0.15) is 30.2 Å². The van der Waals surface area contributed by atoms with Gasteiger partial charge < -0.3 is 51.1 Å². The summed E-state index contributed by atoms with van der Waals surface area (Å²) in [4.78, 5) is 147. The third-order valence-corrected chi connectivity index (χ3v) is 18.6. The number of likely N-dealkylation sites (N-methyl/N-ethyl adjacent to an activating group) is 1. The van der Waals surface area contributed by atoms with Crippen LogP contribution in [0.3, 0.4) is 0 Å². The summed E-state index contributed by atoms with van der Waals surface area (Å²) < 4.78 is 69.9. The first kappa shape index (κ1) is 62.0. The van der Waals surface area contributed by atoms with E-state index in [1.165, 1.54) is 28.0 Å². The predicted octanol–water partition coefficient (Wildman–Crippen LogP) is 3.90. The van der Waals surface area contributed by atoms with E-state index in [4.69, 9.17) is 5.73 Å². The molecule has 5 aliphatic rings. The van der Waals surface area contributed by atoms with Gasteiger partial charge in [-0.25, -0.2) is 8.78 Å². The van der Waals surface area contributed by atoms with Gasteiger partial charge in [0.05, 0.1) is 4.88 Å². The number of piperidine rings is 2. The van der Waals surface area contributed by atoms with Crippen molar-refractivity contribution in [1.29, 1.82) is 0 Å². The van der Waals surface area contributed by atoms with E-state index in [1.54, 1.807) is 23.1 Å². The molecule has 0 radical (unpaired) electrons. The number of primary amides is 1. The van der Waals surface area contributed by atoms with Crippen LogP contribution < -0.4 is 27.0 Å². The van der Waals surface area contributed by atoms with E-state index < -0.39 is 114 Å². The first-order chi connectivity index (χ1) is 40.4. The summed E-state index contributed by atoms with van der Waals surface area (Å²) in [6.07, 6.45) is 2.57. The second-order valence-corrected chi connectivity index (χ2v) is 24.8. The Labute approximate surface area is 489 Å². The Balaban J connectivity index is 0.855. The highest BCUT2D eigenvalue weighted by Crippen LogP contribution is 2.59. The number of nitrogens with zero attached hydrogens (tertiary/aromatic N) is 4. The lowest BCUT2D eigenvalue weighted by Gasteiger charge is -2.38. The van der Waals surface area contributed by atoms with Crippen LogP contribution in [-0.4, -0.2) is 152 Å². The number of carbonyl (C=O) groups is 9. The summed E-state index contributed by atoms with van der Waals surface area (Å²) >= 11 is 0.898. The van der Waals surface area contributed by atoms with Crippen LogP contribution in [0.4, 0.5) is 17.6 Å². The highest BCUT2D eigenvalue weighted by Gasteiger charge is 2.51. The van der Waals surface area contributed by atoms with Gasteiger partial charge in [-0.3, -0.25) is 53.0 Å². The fraction of sp³-hybridized carbons (Fsp3) is 0.466. The number of rotatable bonds is 18. The molecule has 3 aromatic carbocycles. The molecule has 0 aliphatic carbocycles. The number of benzene rings is 3. The van der Waals surface area contributed by atoms with Crippen LogP contribution in [0.15, 0.2) is 60.7 Å². The van der Waals surface area contributed by atoms with Crippen LogP contribution in [0, 0.1) is 29.4 Å². The molecule has 4 aromatic rings. The first-order valence-corrected chi connectivity index (χ1v) is 30.5. The molecule has 27 heteroatoms. The number of fused-ring (bicyclic) bond motifs is 3. The molecule has 1 aromatic heterocycles. The average Bonchev–Trinajstić information content (AvgIpc) is 2.29. The Hall–Kier alpha value is -7.56. The standard InChI is InChI=1S/C58H64F4N9O12PS/c1-2-68-23-22-37-12-15-46(71(37)57(80)44(31-68)66-54(77)48-29-35-28-36(11-17-47(35)85-48)58(61,62)84(81,82)83)53(76)64-42(14-18-49(63)72)51(74)65-43(27-33-10-13-40(59)41(60)26-33)56(79)69-24-20-32(21-25-69)6-3-4-7-34-8-5-9-38-39(34)30-70(55(38)78)45-16-19-50(73)67-52(45)75/h5,8-11,13,17,26,28-29,32,37,42-46H,2-3,6,12,14-16,18-25,27,30-31H2,1H3,(H2,63,72)(H,64,76)(H,65,74)(H,66,77)(H,67,73,75)(H2,81,82,83)/t37-,42?,43?,44+,45?,46+/m1/s1. The van der Waals surface area contributed by atoms with Gasteiger partial charge in [-0.1, -0.05) is 37.0 Å². The van der Waals surface area contributed by atoms with Crippen LogP contribution in [0.1, 0.15) is 120 Å². The number of alkyl halides is 2. The fourth-order valence-electron chi connectivity index (χ4n) is 11.8. The maximum Gasteiger partial charge on any atom is 0.399 e. The Kier molecular flexibility index (Phi) is 18.9. The van der Waals surface area contributed by atoms with E-state index in [0.717, 1.165) is 35.6 Å². The van der Waals surface area contributed by atoms with Gasteiger partial charge >= 0.3 is 13.3 Å². The number of halogens is 4. The zero-order valence-electron chi connectivity index (χ0n) is 46.3. The van der Waals surface area contributed by atoms with E-state index in [0.29, 0.717) is 73.0 Å². The molecular weight excluding hydrogens is 1150 g/mol. The molecule has 6 atom stereocenters. The zero-order chi connectivity index (χ0) is 61.1. The number of hydrogen-bond acceptors (Lipinski definition) is 12. The lowest BCUT2D eigenvalue weighted by atomic mass is 9.91. The van der Waals surface area contributed by atoms with Gasteiger partial charge in [-0.05, 0) is 123 Å². The van der Waals surface area contributed by atoms with Crippen molar-refractivity contribution in [3.63, 3.8) is 0 Å². The van der Waals surface area contributed by atoms with Crippen molar-refractivity contribution in [2.24, 2.45) is 11.7 Å². The molecule has 4 saturated heterocycles. The van der Waals surface area contributed by atoms with Gasteiger partial charge in [-0.2, -0.15) is 8.78 Å². The molecule has 0 saturated carbocycles. The number of amides is 9. The van der Waals surface area contributed by atoms with Crippen molar-refractivity contribution in [2.45, 2.75) is 132 Å². The zero-order valence-corrected chi connectivity index (χ0v) is 48.0. The highest BCUT2D eigenvalue weighted by atomic mass is 32.1. The van der Waals surface area contributed by atoms with E-state index in [-0.39, 0.29) is 91.8 Å². The number of carbonyl (C=O) groups excluding carboxylic acids is 9. The SMILES string of the molecule is CCN1CC[C@H]2CC[C@@H](C(=O)NC(CCC(N)=O)C(=O)NC(Cc3ccc(F)c(F)c3)C(=O)N3CCC(CCC#Cc4cccc5c4CN(C4CCC(=O)NC4=O)C5=O)CC3)N2C(=O)[C@@H](NC(=O)c2cc3cc(C(F)(F)P(=O)(O)O)ccc3s2)C1. The summed E-state index contributed by atoms with van der Waals surface area (Å²) in [7, 11) is -5.89. The number of nitrogens with one attached hydrogen (secondary N) is 4. The van der Waals surface area contributed by atoms with E-state index in [1.807, 2.05) is 11.8 Å². The molecule has 4 fully saturated rings. The molecule has 85 heavy (non-hydrogen) atoms. The third kappa shape index (κ3) is 13.9.